The zero-order valence-electron chi connectivity index (χ0n) is 15.5. The molecule has 3 nitrogen and oxygen atoms in total. The van der Waals surface area contributed by atoms with Crippen LogP contribution >= 0.6 is 11.6 Å². The second-order valence-electron chi connectivity index (χ2n) is 6.33. The molecule has 1 atom stereocenters. The summed E-state index contributed by atoms with van der Waals surface area (Å²) in [5.41, 5.74) is -4.89. The molecule has 180 valence electrons. The second-order valence-corrected chi connectivity index (χ2v) is 6.74. The third kappa shape index (κ3) is 6.76. The van der Waals surface area contributed by atoms with Gasteiger partial charge in [-0.2, -0.15) is 26.3 Å². The highest BCUT2D eigenvalue weighted by molar-refractivity contribution is 6.32. The van der Waals surface area contributed by atoms with Crippen molar-refractivity contribution in [3.8, 4) is 5.75 Å². The van der Waals surface area contributed by atoms with Crippen LogP contribution in [0.25, 0.3) is 5.83 Å². The highest BCUT2D eigenvalue weighted by Crippen LogP contribution is 2.42. The fraction of sp³-hybridized carbons (Fsp3) is 0.211. The first-order chi connectivity index (χ1) is 14.9. The Balaban J connectivity index is 2.54. The maximum atomic E-state index is 14.5. The molecule has 0 radical (unpaired) electrons. The molecule has 14 heteroatoms. The van der Waals surface area contributed by atoms with Crippen LogP contribution in [0.4, 0.5) is 43.9 Å². The minimum atomic E-state index is -5.25. The van der Waals surface area contributed by atoms with Gasteiger partial charge in [0.25, 0.3) is 0 Å². The lowest BCUT2D eigenvalue weighted by Gasteiger charge is -2.19. The van der Waals surface area contributed by atoms with E-state index in [1.165, 1.54) is 0 Å². The predicted molar refractivity (Wildman–Crippen MR) is 94.4 cm³/mol. The molecule has 33 heavy (non-hydrogen) atoms. The third-order valence-electron chi connectivity index (χ3n) is 4.04. The van der Waals surface area contributed by atoms with E-state index in [-0.39, 0.29) is 12.1 Å². The Morgan fingerprint density at radius 2 is 1.58 bits per heavy atom. The Hall–Kier alpha value is -2.96. The zero-order chi connectivity index (χ0) is 25.4. The number of allylic oxidation sites excluding steroid dienone is 1. The van der Waals surface area contributed by atoms with Crippen LogP contribution in [-0.4, -0.2) is 23.6 Å². The van der Waals surface area contributed by atoms with E-state index in [1.54, 1.807) is 0 Å². The summed E-state index contributed by atoms with van der Waals surface area (Å²) < 4.78 is 135. The average molecular weight is 511 g/mol. The van der Waals surface area contributed by atoms with Crippen molar-refractivity contribution in [2.75, 3.05) is 0 Å². The van der Waals surface area contributed by atoms with Gasteiger partial charge in [-0.1, -0.05) is 23.7 Å². The van der Waals surface area contributed by atoms with E-state index in [4.69, 9.17) is 16.7 Å². The summed E-state index contributed by atoms with van der Waals surface area (Å²) in [4.78, 5) is 10.9. The van der Waals surface area contributed by atoms with Crippen molar-refractivity contribution < 1.29 is 58.5 Å². The van der Waals surface area contributed by atoms with E-state index in [9.17, 15) is 48.7 Å². The Kier molecular flexibility index (Phi) is 7.27. The van der Waals surface area contributed by atoms with Gasteiger partial charge in [0.1, 0.15) is 17.5 Å². The fourth-order valence-corrected chi connectivity index (χ4v) is 2.88. The molecule has 0 spiro atoms. The van der Waals surface area contributed by atoms with Crippen molar-refractivity contribution in [2.45, 2.75) is 24.6 Å². The Morgan fingerprint density at radius 1 is 0.970 bits per heavy atom. The highest BCUT2D eigenvalue weighted by atomic mass is 35.5. The van der Waals surface area contributed by atoms with Gasteiger partial charge >= 0.3 is 24.7 Å². The number of aromatic carboxylic acids is 1. The van der Waals surface area contributed by atoms with E-state index in [0.29, 0.717) is 30.3 Å². The normalized spacial score (nSPS) is 14.2. The molecule has 2 rings (SSSR count). The molecular formula is C19H9ClF10O3. The van der Waals surface area contributed by atoms with Crippen LogP contribution in [0.5, 0.6) is 5.75 Å². The number of hydrogen-bond donors (Lipinski definition) is 1. The molecule has 0 aromatic heterocycles. The number of carbonyl (C=O) groups is 1. The van der Waals surface area contributed by atoms with Gasteiger partial charge < -0.3 is 9.84 Å². The highest BCUT2D eigenvalue weighted by Gasteiger charge is 2.41. The van der Waals surface area contributed by atoms with Gasteiger partial charge in [-0.05, 0) is 35.9 Å². The first-order valence-electron chi connectivity index (χ1n) is 8.34. The van der Waals surface area contributed by atoms with Crippen LogP contribution in [0, 0.1) is 0 Å². The number of benzene rings is 2. The van der Waals surface area contributed by atoms with Crippen LogP contribution in [0.2, 0.25) is 5.02 Å². The van der Waals surface area contributed by atoms with Gasteiger partial charge in [-0.3, -0.25) is 0 Å². The summed E-state index contributed by atoms with van der Waals surface area (Å²) in [6, 6.07) is 2.33. The molecule has 0 aliphatic rings. The predicted octanol–water partition coefficient (Wildman–Crippen LogP) is 7.61. The van der Waals surface area contributed by atoms with Crippen LogP contribution in [0.3, 0.4) is 0 Å². The van der Waals surface area contributed by atoms with Gasteiger partial charge in [0.15, 0.2) is 0 Å². The van der Waals surface area contributed by atoms with Crippen LogP contribution in [0.15, 0.2) is 42.5 Å². The lowest BCUT2D eigenvalue weighted by molar-refractivity contribution is -0.274. The van der Waals surface area contributed by atoms with Crippen molar-refractivity contribution >= 4 is 23.4 Å². The molecule has 0 aliphatic carbocycles. The number of carboxylic acids is 1. The lowest BCUT2D eigenvalue weighted by Crippen LogP contribution is -2.20. The molecule has 0 heterocycles. The number of alkyl halides is 9. The first-order valence-corrected chi connectivity index (χ1v) is 8.72. The second kappa shape index (κ2) is 9.12. The van der Waals surface area contributed by atoms with E-state index in [2.05, 4.69) is 4.74 Å². The van der Waals surface area contributed by atoms with Crippen molar-refractivity contribution in [2.24, 2.45) is 0 Å². The molecular weight excluding hydrogens is 502 g/mol. The Labute approximate surface area is 182 Å². The molecule has 2 aromatic carbocycles. The summed E-state index contributed by atoms with van der Waals surface area (Å²) in [6.07, 6.45) is -15.8. The SMILES string of the molecule is O=C(O)c1ccc(C(F)=CC(c2ccc(OC(F)(F)F)c(Cl)c2)C(F)(F)F)cc1C(F)(F)F. The maximum Gasteiger partial charge on any atom is 0.573 e. The summed E-state index contributed by atoms with van der Waals surface area (Å²) in [5, 5.41) is 7.94. The Bertz CT molecular complexity index is 1070. The van der Waals surface area contributed by atoms with Crippen LogP contribution < -0.4 is 4.74 Å². The zero-order valence-corrected chi connectivity index (χ0v) is 16.3. The van der Waals surface area contributed by atoms with E-state index >= 15 is 0 Å². The lowest BCUT2D eigenvalue weighted by atomic mass is 9.95. The summed E-state index contributed by atoms with van der Waals surface area (Å²) >= 11 is 5.51. The summed E-state index contributed by atoms with van der Waals surface area (Å²) in [5.74, 6) is -7.66. The molecule has 0 aliphatic heterocycles. The van der Waals surface area contributed by atoms with E-state index in [0.717, 1.165) is 0 Å². The number of ether oxygens (including phenoxy) is 1. The minimum absolute atomic E-state index is 0.0238. The molecule has 0 saturated heterocycles. The average Bonchev–Trinajstić information content (AvgIpc) is 2.64. The largest absolute Gasteiger partial charge is 0.573 e. The van der Waals surface area contributed by atoms with Crippen molar-refractivity contribution in [3.05, 3.63) is 69.8 Å². The number of rotatable bonds is 5. The monoisotopic (exact) mass is 510 g/mol. The van der Waals surface area contributed by atoms with Crippen LogP contribution in [0.1, 0.15) is 33.0 Å². The smallest absolute Gasteiger partial charge is 0.478 e. The summed E-state index contributed by atoms with van der Waals surface area (Å²) in [6.45, 7) is 0. The van der Waals surface area contributed by atoms with Crippen molar-refractivity contribution in [3.63, 3.8) is 0 Å². The summed E-state index contributed by atoms with van der Waals surface area (Å²) in [7, 11) is 0. The minimum Gasteiger partial charge on any atom is -0.478 e. The molecule has 0 bridgehead atoms. The van der Waals surface area contributed by atoms with Gasteiger partial charge in [-0.15, -0.1) is 13.2 Å². The van der Waals surface area contributed by atoms with E-state index in [1.807, 2.05) is 0 Å². The van der Waals surface area contributed by atoms with Crippen molar-refractivity contribution in [1.29, 1.82) is 0 Å². The van der Waals surface area contributed by atoms with Crippen molar-refractivity contribution in [1.82, 2.24) is 0 Å². The molecule has 0 fully saturated rings. The van der Waals surface area contributed by atoms with E-state index < -0.39 is 69.5 Å². The molecule has 1 N–H and O–H groups in total. The van der Waals surface area contributed by atoms with Gasteiger partial charge in [0.05, 0.1) is 16.1 Å². The molecule has 1 unspecified atom stereocenters. The molecule has 2 aromatic rings. The number of halogens is 11. The molecule has 0 saturated carbocycles. The van der Waals surface area contributed by atoms with Crippen LogP contribution in [-0.2, 0) is 6.18 Å². The maximum absolute atomic E-state index is 14.5. The standard InChI is InChI=1S/C19H9ClF10O3/c20-13-6-8(2-4-15(13)33-19(28,29)30)11(17(22,23)24)7-14(21)9-1-3-10(16(31)32)12(5-9)18(25,26)27/h1-7,11H,(H,31,32). The van der Waals surface area contributed by atoms with Gasteiger partial charge in [-0.25, -0.2) is 9.18 Å². The Morgan fingerprint density at radius 3 is 2.03 bits per heavy atom. The molecule has 0 amide bonds. The quantitative estimate of drug-likeness (QED) is 0.421. The number of carboxylic acid groups (broad SMARTS) is 1. The van der Waals surface area contributed by atoms with Gasteiger partial charge in [0.2, 0.25) is 0 Å². The number of hydrogen-bond acceptors (Lipinski definition) is 2. The fourth-order valence-electron chi connectivity index (χ4n) is 2.65. The topological polar surface area (TPSA) is 46.5 Å². The van der Waals surface area contributed by atoms with Gasteiger partial charge in [0, 0.05) is 5.56 Å². The third-order valence-corrected chi connectivity index (χ3v) is 4.33. The first kappa shape index (κ1) is 26.3.